The summed E-state index contributed by atoms with van der Waals surface area (Å²) in [6.45, 7) is 3.38. The molecule has 0 bridgehead atoms. The molecular weight excluding hydrogens is 408 g/mol. The number of carbonyl (C=O) groups is 1. The maximum Gasteiger partial charge on any atom is 0.248 e. The van der Waals surface area contributed by atoms with Crippen LogP contribution in [0.3, 0.4) is 0 Å². The van der Waals surface area contributed by atoms with E-state index in [-0.39, 0.29) is 6.61 Å². The first-order chi connectivity index (χ1) is 15.6. The van der Waals surface area contributed by atoms with Gasteiger partial charge in [0.1, 0.15) is 30.8 Å². The van der Waals surface area contributed by atoms with Gasteiger partial charge in [0.05, 0.1) is 0 Å². The number of hydrogen-bond acceptors (Lipinski definition) is 6. The van der Waals surface area contributed by atoms with Crippen molar-refractivity contribution in [2.75, 3.05) is 39.5 Å². The summed E-state index contributed by atoms with van der Waals surface area (Å²) in [5, 5.41) is 13.2. The summed E-state index contributed by atoms with van der Waals surface area (Å²) in [5.41, 5.74) is 6.92. The van der Waals surface area contributed by atoms with Gasteiger partial charge in [0.15, 0.2) is 0 Å². The molecule has 7 nitrogen and oxygen atoms in total. The monoisotopic (exact) mass is 442 g/mol. The normalized spacial score (nSPS) is 14.2. The fourth-order valence-corrected chi connectivity index (χ4v) is 3.14. The van der Waals surface area contributed by atoms with Crippen LogP contribution in [-0.2, 0) is 11.2 Å². The highest BCUT2D eigenvalue weighted by Gasteiger charge is 2.20. The van der Waals surface area contributed by atoms with Gasteiger partial charge in [0, 0.05) is 31.9 Å². The van der Waals surface area contributed by atoms with Gasteiger partial charge in [-0.05, 0) is 73.6 Å². The van der Waals surface area contributed by atoms with Crippen LogP contribution in [0.1, 0.15) is 35.2 Å². The summed E-state index contributed by atoms with van der Waals surface area (Å²) in [6, 6.07) is 14.7. The van der Waals surface area contributed by atoms with Crippen molar-refractivity contribution in [1.82, 2.24) is 5.32 Å². The second kappa shape index (κ2) is 13.1. The largest absolute Gasteiger partial charge is 0.492 e. The van der Waals surface area contributed by atoms with E-state index in [0.29, 0.717) is 31.0 Å². The van der Waals surface area contributed by atoms with Crippen molar-refractivity contribution >= 4 is 5.91 Å². The molecule has 0 unspecified atom stereocenters. The fraction of sp³-hybridized carbons (Fsp3) is 0.480. The van der Waals surface area contributed by atoms with Crippen molar-refractivity contribution in [1.29, 1.82) is 0 Å². The first-order valence-electron chi connectivity index (χ1n) is 11.3. The fourth-order valence-electron chi connectivity index (χ4n) is 3.14. The predicted octanol–water partition coefficient (Wildman–Crippen LogP) is 2.55. The summed E-state index contributed by atoms with van der Waals surface area (Å²) < 4.78 is 16.9. The van der Waals surface area contributed by atoms with E-state index in [0.717, 1.165) is 37.7 Å². The SMILES string of the molecule is NC(=O)c1ccc(OCCNC[C@H](O)COc2ccc(CCCOCC3CC3)cc2)cc1. The highest BCUT2D eigenvalue weighted by atomic mass is 16.5. The quantitative estimate of drug-likeness (QED) is 0.345. The molecule has 0 aromatic heterocycles. The number of aliphatic hydroxyl groups is 1. The van der Waals surface area contributed by atoms with E-state index in [9.17, 15) is 9.90 Å². The third-order valence-corrected chi connectivity index (χ3v) is 5.24. The number of benzene rings is 2. The number of amides is 1. The zero-order valence-corrected chi connectivity index (χ0v) is 18.5. The van der Waals surface area contributed by atoms with E-state index in [4.69, 9.17) is 19.9 Å². The van der Waals surface area contributed by atoms with E-state index in [1.807, 2.05) is 12.1 Å². The third kappa shape index (κ3) is 9.26. The van der Waals surface area contributed by atoms with Gasteiger partial charge in [-0.3, -0.25) is 4.79 Å². The maximum absolute atomic E-state index is 11.0. The van der Waals surface area contributed by atoms with Gasteiger partial charge in [-0.2, -0.15) is 0 Å². The van der Waals surface area contributed by atoms with Crippen molar-refractivity contribution in [3.63, 3.8) is 0 Å². The smallest absolute Gasteiger partial charge is 0.248 e. The van der Waals surface area contributed by atoms with E-state index in [2.05, 4.69) is 17.4 Å². The minimum Gasteiger partial charge on any atom is -0.492 e. The van der Waals surface area contributed by atoms with Crippen molar-refractivity contribution in [3.05, 3.63) is 59.7 Å². The number of nitrogens with two attached hydrogens (primary N) is 1. The Morgan fingerprint density at radius 1 is 1.03 bits per heavy atom. The van der Waals surface area contributed by atoms with E-state index >= 15 is 0 Å². The molecule has 0 aliphatic heterocycles. The van der Waals surface area contributed by atoms with Crippen molar-refractivity contribution < 1.29 is 24.1 Å². The van der Waals surface area contributed by atoms with Gasteiger partial charge < -0.3 is 30.4 Å². The Hall–Kier alpha value is -2.61. The van der Waals surface area contributed by atoms with Crippen LogP contribution in [0.5, 0.6) is 11.5 Å². The van der Waals surface area contributed by atoms with Crippen LogP contribution in [0, 0.1) is 5.92 Å². The Morgan fingerprint density at radius 3 is 2.41 bits per heavy atom. The molecule has 1 aliphatic rings. The lowest BCUT2D eigenvalue weighted by molar-refractivity contribution is 0.1000. The summed E-state index contributed by atoms with van der Waals surface area (Å²) >= 11 is 0. The van der Waals surface area contributed by atoms with E-state index in [1.165, 1.54) is 18.4 Å². The van der Waals surface area contributed by atoms with Gasteiger partial charge in [-0.25, -0.2) is 0 Å². The maximum atomic E-state index is 11.0. The average Bonchev–Trinajstić information content (AvgIpc) is 3.63. The van der Waals surface area contributed by atoms with Crippen molar-refractivity contribution in [2.45, 2.75) is 31.8 Å². The summed E-state index contributed by atoms with van der Waals surface area (Å²) in [7, 11) is 0. The molecule has 1 aliphatic carbocycles. The number of aliphatic hydroxyl groups excluding tert-OH is 1. The van der Waals surface area contributed by atoms with Crippen molar-refractivity contribution in [2.24, 2.45) is 11.7 Å². The lowest BCUT2D eigenvalue weighted by Crippen LogP contribution is -2.33. The van der Waals surface area contributed by atoms with Gasteiger partial charge >= 0.3 is 0 Å². The van der Waals surface area contributed by atoms with Crippen LogP contribution in [0.25, 0.3) is 0 Å². The predicted molar refractivity (Wildman–Crippen MR) is 123 cm³/mol. The molecule has 1 fully saturated rings. The van der Waals surface area contributed by atoms with Crippen LogP contribution >= 0.6 is 0 Å². The molecule has 2 aromatic carbocycles. The molecule has 1 saturated carbocycles. The molecule has 7 heteroatoms. The number of ether oxygens (including phenoxy) is 3. The van der Waals surface area contributed by atoms with Gasteiger partial charge in [0.25, 0.3) is 0 Å². The molecule has 1 atom stereocenters. The number of carbonyl (C=O) groups excluding carboxylic acids is 1. The topological polar surface area (TPSA) is 103 Å². The van der Waals surface area contributed by atoms with Crippen LogP contribution in [0.15, 0.2) is 48.5 Å². The van der Waals surface area contributed by atoms with Gasteiger partial charge in [-0.1, -0.05) is 12.1 Å². The molecule has 0 saturated heterocycles. The third-order valence-electron chi connectivity index (χ3n) is 5.24. The second-order valence-electron chi connectivity index (χ2n) is 8.17. The Labute approximate surface area is 189 Å². The number of rotatable bonds is 16. The molecule has 1 amide bonds. The Balaban J connectivity index is 1.21. The minimum absolute atomic E-state index is 0.219. The molecule has 0 spiro atoms. The zero-order chi connectivity index (χ0) is 22.6. The average molecular weight is 443 g/mol. The summed E-state index contributed by atoms with van der Waals surface area (Å²) in [5.74, 6) is 1.77. The molecule has 4 N–H and O–H groups in total. The Kier molecular flexibility index (Phi) is 9.81. The number of primary amides is 1. The molecule has 32 heavy (non-hydrogen) atoms. The van der Waals surface area contributed by atoms with Gasteiger partial charge in [-0.15, -0.1) is 0 Å². The van der Waals surface area contributed by atoms with Crippen LogP contribution in [-0.4, -0.2) is 56.6 Å². The Morgan fingerprint density at radius 2 is 1.72 bits per heavy atom. The first-order valence-corrected chi connectivity index (χ1v) is 11.3. The standard InChI is InChI=1S/C25H34N2O5/c26-25(29)21-7-11-23(12-8-21)31-15-13-27-16-22(28)18-32-24-9-5-19(6-10-24)2-1-14-30-17-20-3-4-20/h5-12,20,22,27-28H,1-4,13-18H2,(H2,26,29)/t22-/m0/s1. The first kappa shape index (κ1) is 24.0. The zero-order valence-electron chi connectivity index (χ0n) is 18.5. The van der Waals surface area contributed by atoms with Crippen LogP contribution in [0.2, 0.25) is 0 Å². The molecule has 2 aromatic rings. The van der Waals surface area contributed by atoms with Crippen LogP contribution in [0.4, 0.5) is 0 Å². The van der Waals surface area contributed by atoms with E-state index in [1.54, 1.807) is 24.3 Å². The molecule has 0 heterocycles. The number of aryl methyl sites for hydroxylation is 1. The number of nitrogens with one attached hydrogen (secondary N) is 1. The van der Waals surface area contributed by atoms with Crippen LogP contribution < -0.4 is 20.5 Å². The second-order valence-corrected chi connectivity index (χ2v) is 8.17. The minimum atomic E-state index is -0.617. The molecule has 0 radical (unpaired) electrons. The molecule has 3 rings (SSSR count). The number of hydrogen-bond donors (Lipinski definition) is 3. The summed E-state index contributed by atoms with van der Waals surface area (Å²) in [4.78, 5) is 11.0. The van der Waals surface area contributed by atoms with Gasteiger partial charge in [0.2, 0.25) is 5.91 Å². The highest BCUT2D eigenvalue weighted by molar-refractivity contribution is 5.92. The highest BCUT2D eigenvalue weighted by Crippen LogP contribution is 2.28. The Bertz CT molecular complexity index is 806. The molecule has 174 valence electrons. The van der Waals surface area contributed by atoms with E-state index < -0.39 is 12.0 Å². The lowest BCUT2D eigenvalue weighted by Gasteiger charge is -2.14. The lowest BCUT2D eigenvalue weighted by atomic mass is 10.1. The summed E-state index contributed by atoms with van der Waals surface area (Å²) in [6.07, 6.45) is 4.06. The van der Waals surface area contributed by atoms with Crippen molar-refractivity contribution in [3.8, 4) is 11.5 Å². The molecular formula is C25H34N2O5.